The van der Waals surface area contributed by atoms with Crippen molar-refractivity contribution >= 4 is 34.0 Å². The number of aliphatic hydroxyl groups excluding tert-OH is 1. The number of hydrogen-bond acceptors (Lipinski definition) is 5. The summed E-state index contributed by atoms with van der Waals surface area (Å²) in [5, 5.41) is 27.2. The van der Waals surface area contributed by atoms with Crippen LogP contribution in [0.2, 0.25) is 5.02 Å². The molecule has 7 nitrogen and oxygen atoms in total. The fourth-order valence-electron chi connectivity index (χ4n) is 3.71. The molecule has 3 N–H and O–H groups in total. The second kappa shape index (κ2) is 7.26. The van der Waals surface area contributed by atoms with Crippen molar-refractivity contribution in [3.05, 3.63) is 51.7 Å². The Kier molecular flexibility index (Phi) is 4.79. The molecule has 144 valence electrons. The first-order valence-electron chi connectivity index (χ1n) is 8.87. The van der Waals surface area contributed by atoms with Crippen LogP contribution in [-0.4, -0.2) is 26.0 Å². The summed E-state index contributed by atoms with van der Waals surface area (Å²) in [4.78, 5) is 15.1. The highest BCUT2D eigenvalue weighted by atomic mass is 35.5. The van der Waals surface area contributed by atoms with Gasteiger partial charge in [-0.25, -0.2) is 4.39 Å². The molecule has 0 bridgehead atoms. The molecule has 2 heterocycles. The summed E-state index contributed by atoms with van der Waals surface area (Å²) in [6.07, 6.45) is 2.49. The van der Waals surface area contributed by atoms with E-state index in [1.165, 1.54) is 18.3 Å². The van der Waals surface area contributed by atoms with Crippen LogP contribution in [0.25, 0.3) is 10.9 Å². The monoisotopic (exact) mass is 401 g/mol. The lowest BCUT2D eigenvalue weighted by molar-refractivity contribution is 0.0876. The molecule has 2 aromatic heterocycles. The Morgan fingerprint density at radius 1 is 1.39 bits per heavy atom. The van der Waals surface area contributed by atoms with Crippen LogP contribution in [0.15, 0.2) is 35.3 Å². The highest BCUT2D eigenvalue weighted by Gasteiger charge is 2.33. The zero-order chi connectivity index (χ0) is 19.8. The lowest BCUT2D eigenvalue weighted by Crippen LogP contribution is -2.29. The van der Waals surface area contributed by atoms with E-state index in [4.69, 9.17) is 11.6 Å². The number of aliphatic hydroxyl groups is 1. The SMILES string of the molecule is N#CC1CC(O)CCC1n1nc(Nc2ccc(Cl)c(F)c2)c2c(=O)[nH]ccc21. The minimum Gasteiger partial charge on any atom is -0.393 e. The van der Waals surface area contributed by atoms with E-state index in [9.17, 15) is 19.6 Å². The number of fused-ring (bicyclic) bond motifs is 1. The Hall–Kier alpha value is -2.89. The van der Waals surface area contributed by atoms with Crippen LogP contribution >= 0.6 is 11.6 Å². The standard InChI is InChI=1S/C19H17ClFN5O2/c20-13-3-1-11(8-14(13)21)24-18-17-16(5-6-23-19(17)28)26(25-18)15-4-2-12(27)7-10(15)9-22/h1,3,5-6,8,10,12,15,27H,2,4,7H2,(H,23,28)(H,24,25). The predicted molar refractivity (Wildman–Crippen MR) is 103 cm³/mol. The molecule has 0 amide bonds. The fraction of sp³-hybridized carbons (Fsp3) is 0.316. The van der Waals surface area contributed by atoms with E-state index >= 15 is 0 Å². The van der Waals surface area contributed by atoms with Gasteiger partial charge in [0.05, 0.1) is 34.7 Å². The van der Waals surface area contributed by atoms with Gasteiger partial charge in [0.15, 0.2) is 5.82 Å². The molecule has 1 fully saturated rings. The number of H-pyrrole nitrogens is 1. The van der Waals surface area contributed by atoms with Crippen LogP contribution in [0.5, 0.6) is 0 Å². The van der Waals surface area contributed by atoms with Crippen LogP contribution in [0.1, 0.15) is 25.3 Å². The first-order chi connectivity index (χ1) is 13.5. The number of nitrogens with one attached hydrogen (secondary N) is 2. The van der Waals surface area contributed by atoms with E-state index < -0.39 is 17.8 Å². The maximum Gasteiger partial charge on any atom is 0.261 e. The van der Waals surface area contributed by atoms with Crippen LogP contribution < -0.4 is 10.9 Å². The van der Waals surface area contributed by atoms with Crippen molar-refractivity contribution in [3.63, 3.8) is 0 Å². The average molecular weight is 402 g/mol. The molecule has 1 saturated carbocycles. The smallest absolute Gasteiger partial charge is 0.261 e. The fourth-order valence-corrected chi connectivity index (χ4v) is 3.83. The molecule has 4 rings (SSSR count). The van der Waals surface area contributed by atoms with E-state index in [1.807, 2.05) is 0 Å². The Morgan fingerprint density at radius 2 is 2.21 bits per heavy atom. The van der Waals surface area contributed by atoms with Gasteiger partial charge in [0.2, 0.25) is 0 Å². The summed E-state index contributed by atoms with van der Waals surface area (Å²) >= 11 is 5.72. The summed E-state index contributed by atoms with van der Waals surface area (Å²) in [5.41, 5.74) is 0.625. The number of rotatable bonds is 3. The van der Waals surface area contributed by atoms with E-state index in [0.29, 0.717) is 35.9 Å². The number of benzene rings is 1. The van der Waals surface area contributed by atoms with Crippen LogP contribution in [0.4, 0.5) is 15.9 Å². The highest BCUT2D eigenvalue weighted by molar-refractivity contribution is 6.30. The first-order valence-corrected chi connectivity index (χ1v) is 9.25. The molecule has 3 unspecified atom stereocenters. The van der Waals surface area contributed by atoms with Crippen molar-refractivity contribution < 1.29 is 9.50 Å². The second-order valence-electron chi connectivity index (χ2n) is 6.88. The Balaban J connectivity index is 1.81. The first kappa shape index (κ1) is 18.5. The van der Waals surface area contributed by atoms with Gasteiger partial charge in [-0.2, -0.15) is 10.4 Å². The van der Waals surface area contributed by atoms with E-state index in [0.717, 1.165) is 0 Å². The summed E-state index contributed by atoms with van der Waals surface area (Å²) in [7, 11) is 0. The number of anilines is 2. The van der Waals surface area contributed by atoms with Crippen LogP contribution in [0.3, 0.4) is 0 Å². The topological polar surface area (TPSA) is 107 Å². The Morgan fingerprint density at radius 3 is 2.96 bits per heavy atom. The van der Waals surface area contributed by atoms with Crippen molar-refractivity contribution in [2.75, 3.05) is 5.32 Å². The summed E-state index contributed by atoms with van der Waals surface area (Å²) < 4.78 is 15.4. The van der Waals surface area contributed by atoms with E-state index in [2.05, 4.69) is 21.5 Å². The molecule has 3 aromatic rings. The highest BCUT2D eigenvalue weighted by Crippen LogP contribution is 2.36. The van der Waals surface area contributed by atoms with Gasteiger partial charge in [-0.3, -0.25) is 9.48 Å². The third-order valence-electron chi connectivity index (χ3n) is 5.08. The lowest BCUT2D eigenvalue weighted by Gasteiger charge is -2.30. The zero-order valence-electron chi connectivity index (χ0n) is 14.7. The molecular weight excluding hydrogens is 385 g/mol. The Bertz CT molecular complexity index is 1140. The van der Waals surface area contributed by atoms with Crippen molar-refractivity contribution in [2.24, 2.45) is 5.92 Å². The molecule has 0 saturated heterocycles. The molecular formula is C19H17ClFN5O2. The van der Waals surface area contributed by atoms with Crippen molar-refractivity contribution in [1.29, 1.82) is 5.26 Å². The van der Waals surface area contributed by atoms with Gasteiger partial charge in [0, 0.05) is 11.9 Å². The number of nitrogens with zero attached hydrogens (tertiary/aromatic N) is 3. The third kappa shape index (κ3) is 3.23. The zero-order valence-corrected chi connectivity index (χ0v) is 15.4. The third-order valence-corrected chi connectivity index (χ3v) is 5.39. The molecule has 9 heteroatoms. The maximum atomic E-state index is 13.8. The van der Waals surface area contributed by atoms with Gasteiger partial charge >= 0.3 is 0 Å². The van der Waals surface area contributed by atoms with E-state index in [1.54, 1.807) is 16.8 Å². The second-order valence-corrected chi connectivity index (χ2v) is 7.29. The van der Waals surface area contributed by atoms with Crippen molar-refractivity contribution in [3.8, 4) is 6.07 Å². The number of halogens is 2. The molecule has 0 spiro atoms. The van der Waals surface area contributed by atoms with Gasteiger partial charge < -0.3 is 15.4 Å². The number of hydrogen-bond donors (Lipinski definition) is 3. The van der Waals surface area contributed by atoms with Gasteiger partial charge in [-0.05, 0) is 43.5 Å². The van der Waals surface area contributed by atoms with Gasteiger partial charge in [0.25, 0.3) is 5.56 Å². The normalized spacial score (nSPS) is 22.1. The molecule has 0 aliphatic heterocycles. The van der Waals surface area contributed by atoms with Crippen molar-refractivity contribution in [2.45, 2.75) is 31.4 Å². The lowest BCUT2D eigenvalue weighted by atomic mass is 9.84. The molecule has 0 radical (unpaired) electrons. The summed E-state index contributed by atoms with van der Waals surface area (Å²) in [6.45, 7) is 0. The molecule has 1 aliphatic carbocycles. The molecule has 28 heavy (non-hydrogen) atoms. The molecule has 1 aromatic carbocycles. The van der Waals surface area contributed by atoms with Crippen LogP contribution in [-0.2, 0) is 0 Å². The number of aromatic amines is 1. The van der Waals surface area contributed by atoms with Gasteiger partial charge in [-0.1, -0.05) is 11.6 Å². The Labute approximate surface area is 164 Å². The maximum absolute atomic E-state index is 13.8. The summed E-state index contributed by atoms with van der Waals surface area (Å²) in [6, 6.07) is 7.92. The minimum absolute atomic E-state index is 0.00332. The molecule has 3 atom stereocenters. The number of nitriles is 1. The van der Waals surface area contributed by atoms with Gasteiger partial charge in [-0.15, -0.1) is 0 Å². The van der Waals surface area contributed by atoms with Crippen molar-refractivity contribution in [1.82, 2.24) is 14.8 Å². The number of aromatic nitrogens is 3. The largest absolute Gasteiger partial charge is 0.393 e. The van der Waals surface area contributed by atoms with Gasteiger partial charge in [0.1, 0.15) is 11.2 Å². The molecule has 1 aliphatic rings. The predicted octanol–water partition coefficient (Wildman–Crippen LogP) is 3.49. The number of pyridine rings is 1. The minimum atomic E-state index is -0.588. The quantitative estimate of drug-likeness (QED) is 0.622. The average Bonchev–Trinajstić information content (AvgIpc) is 3.04. The summed E-state index contributed by atoms with van der Waals surface area (Å²) in [5.74, 6) is -0.747. The van der Waals surface area contributed by atoms with E-state index in [-0.39, 0.29) is 22.4 Å². The van der Waals surface area contributed by atoms with Crippen LogP contribution in [0, 0.1) is 23.1 Å².